The molecule has 1 saturated heterocycles. The van der Waals surface area contributed by atoms with Gasteiger partial charge in [-0.1, -0.05) is 12.1 Å². The maximum absolute atomic E-state index is 13.2. The van der Waals surface area contributed by atoms with Crippen molar-refractivity contribution in [1.29, 1.82) is 0 Å². The summed E-state index contributed by atoms with van der Waals surface area (Å²) in [5.41, 5.74) is 6.41. The second-order valence-electron chi connectivity index (χ2n) is 6.17. The second kappa shape index (κ2) is 7.70. The van der Waals surface area contributed by atoms with E-state index in [-0.39, 0.29) is 17.8 Å². The zero-order valence-electron chi connectivity index (χ0n) is 13.5. The van der Waals surface area contributed by atoms with Crippen molar-refractivity contribution in [1.82, 2.24) is 9.80 Å². The normalized spacial score (nSPS) is 19.8. The fraction of sp³-hybridized carbons (Fsp3) is 0.588. The number of benzene rings is 1. The van der Waals surface area contributed by atoms with Crippen LogP contribution in [0.5, 0.6) is 0 Å². The molecule has 4 nitrogen and oxygen atoms in total. The van der Waals surface area contributed by atoms with Gasteiger partial charge in [-0.2, -0.15) is 0 Å². The van der Waals surface area contributed by atoms with E-state index in [9.17, 15) is 9.18 Å². The van der Waals surface area contributed by atoms with Crippen LogP contribution in [0.25, 0.3) is 0 Å². The smallest absolute Gasteiger partial charge is 0.234 e. The highest BCUT2D eigenvalue weighted by atomic mass is 19.1. The molecule has 0 spiro atoms. The molecular weight excluding hydrogens is 281 g/mol. The number of nitrogens with two attached hydrogens (primary N) is 1. The number of hydrogen-bond donors (Lipinski definition) is 1. The number of piperazine rings is 1. The Kier molecular flexibility index (Phi) is 5.91. The van der Waals surface area contributed by atoms with Gasteiger partial charge >= 0.3 is 0 Å². The molecule has 0 radical (unpaired) electrons. The monoisotopic (exact) mass is 307 g/mol. The van der Waals surface area contributed by atoms with Crippen molar-refractivity contribution in [3.05, 3.63) is 35.6 Å². The molecule has 1 aromatic rings. The number of carbonyl (C=O) groups is 1. The zero-order valence-corrected chi connectivity index (χ0v) is 13.5. The molecule has 2 unspecified atom stereocenters. The third kappa shape index (κ3) is 4.52. The van der Waals surface area contributed by atoms with Crippen molar-refractivity contribution in [3.63, 3.8) is 0 Å². The number of amides is 1. The van der Waals surface area contributed by atoms with Crippen LogP contribution in [-0.4, -0.2) is 54.0 Å². The van der Waals surface area contributed by atoms with E-state index in [0.29, 0.717) is 6.04 Å². The molecule has 22 heavy (non-hydrogen) atoms. The molecule has 1 fully saturated rings. The Morgan fingerprint density at radius 1 is 1.23 bits per heavy atom. The summed E-state index contributed by atoms with van der Waals surface area (Å²) < 4.78 is 13.2. The summed E-state index contributed by atoms with van der Waals surface area (Å²) in [6.45, 7) is 7.71. The number of halogens is 1. The molecule has 0 bridgehead atoms. The summed E-state index contributed by atoms with van der Waals surface area (Å²) in [5, 5.41) is 0. The molecule has 5 heteroatoms. The van der Waals surface area contributed by atoms with E-state index in [1.54, 1.807) is 12.1 Å². The lowest BCUT2D eigenvalue weighted by atomic mass is 10.0. The maximum Gasteiger partial charge on any atom is 0.234 e. The molecule has 122 valence electrons. The first-order valence-electron chi connectivity index (χ1n) is 7.99. The highest BCUT2D eigenvalue weighted by Crippen LogP contribution is 2.14. The van der Waals surface area contributed by atoms with E-state index in [0.717, 1.165) is 44.6 Å². The first kappa shape index (κ1) is 16.9. The van der Waals surface area contributed by atoms with Gasteiger partial charge in [-0.15, -0.1) is 0 Å². The molecule has 1 aromatic carbocycles. The molecular formula is C17H26FN3O. The third-order valence-electron chi connectivity index (χ3n) is 4.67. The molecule has 0 saturated carbocycles. The van der Waals surface area contributed by atoms with E-state index in [1.165, 1.54) is 6.07 Å². The minimum Gasteiger partial charge on any atom is -0.368 e. The second-order valence-corrected chi connectivity index (χ2v) is 6.17. The zero-order chi connectivity index (χ0) is 16.1. The summed E-state index contributed by atoms with van der Waals surface area (Å²) in [6, 6.07) is 7.09. The number of hydrogen-bond acceptors (Lipinski definition) is 3. The first-order chi connectivity index (χ1) is 10.5. The fourth-order valence-corrected chi connectivity index (χ4v) is 3.00. The van der Waals surface area contributed by atoms with Gasteiger partial charge in [-0.05, 0) is 44.4 Å². The Bertz CT molecular complexity index is 500. The van der Waals surface area contributed by atoms with Gasteiger partial charge in [0, 0.05) is 32.2 Å². The number of carbonyl (C=O) groups excluding carboxylic acids is 1. The minimum absolute atomic E-state index is 0.167. The average molecular weight is 307 g/mol. The highest BCUT2D eigenvalue weighted by Gasteiger charge is 2.25. The van der Waals surface area contributed by atoms with E-state index >= 15 is 0 Å². The maximum atomic E-state index is 13.2. The predicted molar refractivity (Wildman–Crippen MR) is 86.0 cm³/mol. The van der Waals surface area contributed by atoms with Gasteiger partial charge in [0.05, 0.1) is 6.04 Å². The van der Waals surface area contributed by atoms with Gasteiger partial charge in [0.1, 0.15) is 5.82 Å². The first-order valence-corrected chi connectivity index (χ1v) is 7.99. The number of rotatable bonds is 6. The van der Waals surface area contributed by atoms with Crippen LogP contribution in [0.3, 0.4) is 0 Å². The lowest BCUT2D eigenvalue weighted by molar-refractivity contribution is -0.123. The molecule has 1 amide bonds. The van der Waals surface area contributed by atoms with Gasteiger partial charge in [-0.3, -0.25) is 14.6 Å². The van der Waals surface area contributed by atoms with Crippen molar-refractivity contribution >= 4 is 5.91 Å². The molecule has 2 rings (SSSR count). The predicted octanol–water partition coefficient (Wildman–Crippen LogP) is 1.64. The topological polar surface area (TPSA) is 49.6 Å². The van der Waals surface area contributed by atoms with Gasteiger partial charge in [-0.25, -0.2) is 4.39 Å². The number of primary amides is 1. The summed E-state index contributed by atoms with van der Waals surface area (Å²) in [5.74, 6) is -0.424. The van der Waals surface area contributed by atoms with E-state index in [2.05, 4.69) is 16.7 Å². The Morgan fingerprint density at radius 2 is 1.86 bits per heavy atom. The molecule has 1 heterocycles. The van der Waals surface area contributed by atoms with Gasteiger partial charge in [0.15, 0.2) is 0 Å². The van der Waals surface area contributed by atoms with Gasteiger partial charge in [0.25, 0.3) is 0 Å². The molecule has 1 aliphatic rings. The molecule has 1 aliphatic heterocycles. The van der Waals surface area contributed by atoms with Crippen molar-refractivity contribution in [2.75, 3.05) is 26.2 Å². The van der Waals surface area contributed by atoms with E-state index in [1.807, 2.05) is 13.0 Å². The van der Waals surface area contributed by atoms with Crippen molar-refractivity contribution in [2.45, 2.75) is 38.8 Å². The minimum atomic E-state index is -0.257. The summed E-state index contributed by atoms with van der Waals surface area (Å²) in [4.78, 5) is 15.8. The van der Waals surface area contributed by atoms with Crippen LogP contribution in [0.15, 0.2) is 24.3 Å². The van der Waals surface area contributed by atoms with E-state index < -0.39 is 0 Å². The lowest BCUT2D eigenvalue weighted by Gasteiger charge is -2.39. The van der Waals surface area contributed by atoms with Crippen molar-refractivity contribution < 1.29 is 9.18 Å². The average Bonchev–Trinajstić information content (AvgIpc) is 2.52. The Labute approximate surface area is 132 Å². The van der Waals surface area contributed by atoms with Crippen LogP contribution in [0.4, 0.5) is 4.39 Å². The van der Waals surface area contributed by atoms with Crippen LogP contribution in [0.2, 0.25) is 0 Å². The van der Waals surface area contributed by atoms with Gasteiger partial charge < -0.3 is 5.73 Å². The quantitative estimate of drug-likeness (QED) is 0.869. The lowest BCUT2D eigenvalue weighted by Crippen LogP contribution is -2.54. The highest BCUT2D eigenvalue weighted by molar-refractivity contribution is 5.79. The largest absolute Gasteiger partial charge is 0.368 e. The Balaban J connectivity index is 1.77. The molecule has 2 N–H and O–H groups in total. The van der Waals surface area contributed by atoms with Gasteiger partial charge in [0.2, 0.25) is 5.91 Å². The van der Waals surface area contributed by atoms with Crippen LogP contribution < -0.4 is 5.73 Å². The van der Waals surface area contributed by atoms with Crippen molar-refractivity contribution in [3.8, 4) is 0 Å². The number of aryl methyl sites for hydroxylation is 1. The van der Waals surface area contributed by atoms with Crippen LogP contribution >= 0.6 is 0 Å². The van der Waals surface area contributed by atoms with Crippen LogP contribution in [-0.2, 0) is 11.2 Å². The number of nitrogens with zero attached hydrogens (tertiary/aromatic N) is 2. The van der Waals surface area contributed by atoms with Crippen LogP contribution in [0, 0.1) is 5.82 Å². The molecule has 0 aromatic heterocycles. The van der Waals surface area contributed by atoms with E-state index in [4.69, 9.17) is 5.73 Å². The van der Waals surface area contributed by atoms with Crippen molar-refractivity contribution in [2.24, 2.45) is 5.73 Å². The SMILES string of the molecule is CC(CCc1cccc(F)c1)N1CCN(C(C)C(N)=O)CC1. The molecule has 0 aliphatic carbocycles. The standard InChI is InChI=1S/C17H26FN3O/c1-13(6-7-15-4-3-5-16(18)12-15)20-8-10-21(11-9-20)14(2)17(19)22/h3-5,12-14H,6-11H2,1-2H3,(H2,19,22). The summed E-state index contributed by atoms with van der Waals surface area (Å²) in [7, 11) is 0. The third-order valence-corrected chi connectivity index (χ3v) is 4.67. The fourth-order valence-electron chi connectivity index (χ4n) is 3.00. The summed E-state index contributed by atoms with van der Waals surface area (Å²) in [6.07, 6.45) is 1.89. The van der Waals surface area contributed by atoms with Crippen LogP contribution in [0.1, 0.15) is 25.8 Å². The Morgan fingerprint density at radius 3 is 2.45 bits per heavy atom. The molecule has 2 atom stereocenters. The summed E-state index contributed by atoms with van der Waals surface area (Å²) >= 11 is 0. The Hall–Kier alpha value is -1.46.